The summed E-state index contributed by atoms with van der Waals surface area (Å²) in [5, 5.41) is 10.8. The highest BCUT2D eigenvalue weighted by Crippen LogP contribution is 2.33. The summed E-state index contributed by atoms with van der Waals surface area (Å²) in [6.07, 6.45) is -2.56. The molecule has 0 aliphatic carbocycles. The second-order valence-electron chi connectivity index (χ2n) is 3.34. The molecule has 1 rings (SSSR count). The Morgan fingerprint density at radius 3 is 2.59 bits per heavy atom. The van der Waals surface area contributed by atoms with Crippen molar-refractivity contribution in [2.45, 2.75) is 13.1 Å². The molecule has 0 saturated carbocycles. The number of carboxylic acid groups (broad SMARTS) is 1. The molecule has 1 aromatic rings. The molecule has 1 aromatic carbocycles. The van der Waals surface area contributed by atoms with Gasteiger partial charge in [-0.15, -0.1) is 0 Å². The smallest absolute Gasteiger partial charge is 0.416 e. The maximum Gasteiger partial charge on any atom is 0.416 e. The molecule has 3 nitrogen and oxygen atoms in total. The number of rotatable bonds is 3. The molecule has 0 fully saturated rings. The molecule has 0 spiro atoms. The molecule has 0 aromatic heterocycles. The van der Waals surface area contributed by atoms with Crippen LogP contribution in [0.15, 0.2) is 30.5 Å². The van der Waals surface area contributed by atoms with Crippen LogP contribution in [0.2, 0.25) is 0 Å². The third-order valence-electron chi connectivity index (χ3n) is 2.02. The quantitative estimate of drug-likeness (QED) is 0.805. The Kier molecular flexibility index (Phi) is 3.77. The molecule has 0 atom stereocenters. The van der Waals surface area contributed by atoms with Crippen molar-refractivity contribution < 1.29 is 23.1 Å². The maximum atomic E-state index is 12.5. The molecule has 0 aliphatic heterocycles. The summed E-state index contributed by atoms with van der Waals surface area (Å²) in [6, 6.07) is 3.69. The van der Waals surface area contributed by atoms with Crippen molar-refractivity contribution in [3.63, 3.8) is 0 Å². The average Bonchev–Trinajstić information content (AvgIpc) is 2.18. The summed E-state index contributed by atoms with van der Waals surface area (Å²) in [7, 11) is 0. The van der Waals surface area contributed by atoms with E-state index in [9.17, 15) is 18.0 Å². The molecule has 17 heavy (non-hydrogen) atoms. The van der Waals surface area contributed by atoms with Crippen LogP contribution in [0.5, 0.6) is 0 Å². The zero-order valence-corrected chi connectivity index (χ0v) is 8.88. The molecule has 0 aliphatic rings. The zero-order chi connectivity index (χ0) is 13.1. The van der Waals surface area contributed by atoms with Crippen LogP contribution in [0.4, 0.5) is 18.9 Å². The lowest BCUT2D eigenvalue weighted by Crippen LogP contribution is -2.08. The fraction of sp³-hybridized carbons (Fsp3) is 0.182. The lowest BCUT2D eigenvalue weighted by Gasteiger charge is -2.11. The van der Waals surface area contributed by atoms with E-state index in [0.29, 0.717) is 0 Å². The van der Waals surface area contributed by atoms with Crippen molar-refractivity contribution in [1.82, 2.24) is 0 Å². The molecule has 0 amide bonds. The summed E-state index contributed by atoms with van der Waals surface area (Å²) >= 11 is 0. The standard InChI is InChI=1S/C11H10F3NO2/c1-7-2-3-8(15-5-4-10(16)17)6-9(7)11(12,13)14/h2-6,15H,1H3,(H,16,17)/b5-4+. The first kappa shape index (κ1) is 13.1. The first-order valence-corrected chi connectivity index (χ1v) is 4.64. The van der Waals surface area contributed by atoms with Gasteiger partial charge in [-0.05, 0) is 24.6 Å². The van der Waals surface area contributed by atoms with Gasteiger partial charge in [0, 0.05) is 18.0 Å². The minimum atomic E-state index is -4.42. The van der Waals surface area contributed by atoms with E-state index in [4.69, 9.17) is 5.11 Å². The van der Waals surface area contributed by atoms with E-state index in [0.717, 1.165) is 18.3 Å². The van der Waals surface area contributed by atoms with E-state index in [1.165, 1.54) is 19.1 Å². The minimum absolute atomic E-state index is 0.116. The summed E-state index contributed by atoms with van der Waals surface area (Å²) < 4.78 is 37.6. The summed E-state index contributed by atoms with van der Waals surface area (Å²) in [5.41, 5.74) is -0.447. The molecular weight excluding hydrogens is 235 g/mol. The molecule has 6 heteroatoms. The fourth-order valence-electron chi connectivity index (χ4n) is 1.23. The predicted octanol–water partition coefficient (Wildman–Crippen LogP) is 3.02. The highest BCUT2D eigenvalue weighted by Gasteiger charge is 2.32. The van der Waals surface area contributed by atoms with Crippen molar-refractivity contribution >= 4 is 11.7 Å². The number of carboxylic acids is 1. The molecule has 0 bridgehead atoms. The van der Waals surface area contributed by atoms with Crippen molar-refractivity contribution in [1.29, 1.82) is 0 Å². The normalized spacial score (nSPS) is 11.8. The van der Waals surface area contributed by atoms with Crippen LogP contribution in [0.25, 0.3) is 0 Å². The van der Waals surface area contributed by atoms with E-state index >= 15 is 0 Å². The largest absolute Gasteiger partial charge is 0.478 e. The van der Waals surface area contributed by atoms with Crippen LogP contribution in [0, 0.1) is 6.92 Å². The lowest BCUT2D eigenvalue weighted by molar-refractivity contribution is -0.138. The monoisotopic (exact) mass is 245 g/mol. The molecular formula is C11H10F3NO2. The van der Waals surface area contributed by atoms with Crippen LogP contribution < -0.4 is 5.32 Å². The molecule has 0 saturated heterocycles. The van der Waals surface area contributed by atoms with Crippen LogP contribution in [0.1, 0.15) is 11.1 Å². The van der Waals surface area contributed by atoms with Gasteiger partial charge in [0.25, 0.3) is 0 Å². The summed E-state index contributed by atoms with van der Waals surface area (Å²) in [5.74, 6) is -1.18. The van der Waals surface area contributed by atoms with Crippen molar-refractivity contribution in [2.75, 3.05) is 5.32 Å². The Bertz CT molecular complexity index is 453. The van der Waals surface area contributed by atoms with Gasteiger partial charge >= 0.3 is 12.1 Å². The lowest BCUT2D eigenvalue weighted by atomic mass is 10.1. The van der Waals surface area contributed by atoms with Gasteiger partial charge in [-0.1, -0.05) is 6.07 Å². The number of aliphatic carboxylic acids is 1. The molecule has 92 valence electrons. The van der Waals surface area contributed by atoms with Crippen LogP contribution in [-0.4, -0.2) is 11.1 Å². The van der Waals surface area contributed by atoms with E-state index in [1.54, 1.807) is 0 Å². The zero-order valence-electron chi connectivity index (χ0n) is 8.88. The van der Waals surface area contributed by atoms with Crippen LogP contribution in [0.3, 0.4) is 0 Å². The predicted molar refractivity (Wildman–Crippen MR) is 56.6 cm³/mol. The van der Waals surface area contributed by atoms with Gasteiger partial charge < -0.3 is 10.4 Å². The highest BCUT2D eigenvalue weighted by atomic mass is 19.4. The number of benzene rings is 1. The van der Waals surface area contributed by atoms with Crippen LogP contribution >= 0.6 is 0 Å². The Morgan fingerprint density at radius 1 is 1.41 bits per heavy atom. The van der Waals surface area contributed by atoms with Crippen molar-refractivity contribution in [3.05, 3.63) is 41.6 Å². The SMILES string of the molecule is Cc1ccc(N/C=C/C(=O)O)cc1C(F)(F)F. The number of carbonyl (C=O) groups is 1. The third-order valence-corrected chi connectivity index (χ3v) is 2.02. The van der Waals surface area contributed by atoms with Gasteiger partial charge in [-0.25, -0.2) is 4.79 Å². The minimum Gasteiger partial charge on any atom is -0.478 e. The number of hydrogen-bond donors (Lipinski definition) is 2. The van der Waals surface area contributed by atoms with Crippen molar-refractivity contribution in [3.8, 4) is 0 Å². The van der Waals surface area contributed by atoms with Gasteiger partial charge in [-0.3, -0.25) is 0 Å². The molecule has 2 N–H and O–H groups in total. The first-order valence-electron chi connectivity index (χ1n) is 4.64. The summed E-state index contributed by atoms with van der Waals surface area (Å²) in [6.45, 7) is 1.36. The number of nitrogens with one attached hydrogen (secondary N) is 1. The Labute approximate surface area is 95.6 Å². The number of hydrogen-bond acceptors (Lipinski definition) is 2. The Balaban J connectivity index is 2.93. The van der Waals surface area contributed by atoms with Gasteiger partial charge in [0.05, 0.1) is 5.56 Å². The second kappa shape index (κ2) is 4.90. The number of alkyl halides is 3. The Hall–Kier alpha value is -1.98. The first-order chi connectivity index (χ1) is 7.80. The number of halogens is 3. The molecule has 0 unspecified atom stereocenters. The maximum absolute atomic E-state index is 12.5. The van der Waals surface area contributed by atoms with Crippen molar-refractivity contribution in [2.24, 2.45) is 0 Å². The van der Waals surface area contributed by atoms with Gasteiger partial charge in [0.1, 0.15) is 0 Å². The van der Waals surface area contributed by atoms with Crippen LogP contribution in [-0.2, 0) is 11.0 Å². The third kappa shape index (κ3) is 3.82. The van der Waals surface area contributed by atoms with E-state index in [2.05, 4.69) is 5.32 Å². The highest BCUT2D eigenvalue weighted by molar-refractivity contribution is 5.80. The Morgan fingerprint density at radius 2 is 2.06 bits per heavy atom. The number of aryl methyl sites for hydroxylation is 1. The molecule has 0 heterocycles. The topological polar surface area (TPSA) is 49.3 Å². The van der Waals surface area contributed by atoms with E-state index in [-0.39, 0.29) is 11.3 Å². The van der Waals surface area contributed by atoms with E-state index in [1.807, 2.05) is 0 Å². The molecule has 0 radical (unpaired) electrons. The number of anilines is 1. The van der Waals surface area contributed by atoms with E-state index < -0.39 is 17.7 Å². The van der Waals surface area contributed by atoms with Gasteiger partial charge in [0.15, 0.2) is 0 Å². The summed E-state index contributed by atoms with van der Waals surface area (Å²) in [4.78, 5) is 10.2. The second-order valence-corrected chi connectivity index (χ2v) is 3.34. The van der Waals surface area contributed by atoms with Gasteiger partial charge in [-0.2, -0.15) is 13.2 Å². The van der Waals surface area contributed by atoms with Gasteiger partial charge in [0.2, 0.25) is 0 Å². The fourth-order valence-corrected chi connectivity index (χ4v) is 1.23. The average molecular weight is 245 g/mol.